The minimum absolute atomic E-state index is 0.0800. The van der Waals surface area contributed by atoms with Crippen molar-refractivity contribution in [3.8, 4) is 0 Å². The Kier molecular flexibility index (Phi) is 4.10. The molecule has 0 atom stereocenters. The summed E-state index contributed by atoms with van der Waals surface area (Å²) in [5.74, 6) is 0.0800. The van der Waals surface area contributed by atoms with E-state index in [4.69, 9.17) is 4.74 Å². The van der Waals surface area contributed by atoms with E-state index in [9.17, 15) is 4.79 Å². The van der Waals surface area contributed by atoms with Gasteiger partial charge in [0.25, 0.3) is 5.91 Å². The van der Waals surface area contributed by atoms with Crippen molar-refractivity contribution >= 4 is 11.6 Å². The van der Waals surface area contributed by atoms with Gasteiger partial charge in [0.2, 0.25) is 0 Å². The van der Waals surface area contributed by atoms with Crippen molar-refractivity contribution in [3.63, 3.8) is 0 Å². The van der Waals surface area contributed by atoms with Crippen LogP contribution in [-0.2, 0) is 4.74 Å². The number of ether oxygens (including phenoxy) is 1. The van der Waals surface area contributed by atoms with Crippen molar-refractivity contribution in [2.24, 2.45) is 0 Å². The molecular formula is C15H22N2O2. The third-order valence-electron chi connectivity index (χ3n) is 3.40. The van der Waals surface area contributed by atoms with E-state index in [1.165, 1.54) is 0 Å². The van der Waals surface area contributed by atoms with Crippen molar-refractivity contribution in [1.29, 1.82) is 0 Å². The summed E-state index contributed by atoms with van der Waals surface area (Å²) in [7, 11) is 0. The molecule has 1 amide bonds. The Bertz CT molecular complexity index is 440. The number of amides is 1. The lowest BCUT2D eigenvalue weighted by molar-refractivity contribution is -0.0370. The van der Waals surface area contributed by atoms with Crippen LogP contribution in [0.15, 0.2) is 24.3 Å². The number of nitrogens with one attached hydrogen (secondary N) is 1. The molecule has 1 saturated heterocycles. The Morgan fingerprint density at radius 2 is 2.05 bits per heavy atom. The Hall–Kier alpha value is -1.55. The highest BCUT2D eigenvalue weighted by molar-refractivity contribution is 5.95. The zero-order chi connectivity index (χ0) is 13.9. The van der Waals surface area contributed by atoms with Crippen LogP contribution in [-0.4, -0.2) is 42.6 Å². The van der Waals surface area contributed by atoms with Gasteiger partial charge in [-0.2, -0.15) is 0 Å². The monoisotopic (exact) mass is 262 g/mol. The predicted octanol–water partition coefficient (Wildman–Crippen LogP) is 2.37. The van der Waals surface area contributed by atoms with Crippen LogP contribution in [0, 0.1) is 0 Å². The SMILES string of the molecule is CCNc1ccc(C(=O)N2CCOCC2(C)C)cc1. The molecule has 1 aromatic rings. The molecule has 1 aliphatic rings. The molecule has 19 heavy (non-hydrogen) atoms. The van der Waals surface area contributed by atoms with E-state index in [-0.39, 0.29) is 11.4 Å². The topological polar surface area (TPSA) is 41.6 Å². The zero-order valence-corrected chi connectivity index (χ0v) is 11.9. The summed E-state index contributed by atoms with van der Waals surface area (Å²) in [6, 6.07) is 7.66. The fourth-order valence-electron chi connectivity index (χ4n) is 2.33. The number of rotatable bonds is 3. The lowest BCUT2D eigenvalue weighted by Crippen LogP contribution is -2.55. The van der Waals surface area contributed by atoms with Crippen LogP contribution in [0.25, 0.3) is 0 Å². The summed E-state index contributed by atoms with van der Waals surface area (Å²) in [5.41, 5.74) is 1.53. The van der Waals surface area contributed by atoms with Gasteiger partial charge in [0.05, 0.1) is 18.8 Å². The lowest BCUT2D eigenvalue weighted by Gasteiger charge is -2.42. The highest BCUT2D eigenvalue weighted by atomic mass is 16.5. The average Bonchev–Trinajstić information content (AvgIpc) is 2.39. The van der Waals surface area contributed by atoms with Gasteiger partial charge in [0, 0.05) is 24.3 Å². The maximum absolute atomic E-state index is 12.5. The van der Waals surface area contributed by atoms with Crippen molar-refractivity contribution in [1.82, 2.24) is 4.90 Å². The first-order valence-corrected chi connectivity index (χ1v) is 6.78. The number of benzene rings is 1. The number of hydrogen-bond acceptors (Lipinski definition) is 3. The quantitative estimate of drug-likeness (QED) is 0.909. The summed E-state index contributed by atoms with van der Waals surface area (Å²) in [6.45, 7) is 8.87. The van der Waals surface area contributed by atoms with Crippen LogP contribution in [0.1, 0.15) is 31.1 Å². The van der Waals surface area contributed by atoms with Gasteiger partial charge in [0.1, 0.15) is 0 Å². The van der Waals surface area contributed by atoms with E-state index >= 15 is 0 Å². The van der Waals surface area contributed by atoms with E-state index in [2.05, 4.69) is 12.2 Å². The number of carbonyl (C=O) groups excluding carboxylic acids is 1. The molecule has 0 aliphatic carbocycles. The molecule has 0 radical (unpaired) electrons. The van der Waals surface area contributed by atoms with Gasteiger partial charge >= 0.3 is 0 Å². The minimum Gasteiger partial charge on any atom is -0.385 e. The smallest absolute Gasteiger partial charge is 0.254 e. The Labute approximate surface area is 114 Å². The molecule has 1 heterocycles. The van der Waals surface area contributed by atoms with Crippen LogP contribution < -0.4 is 5.32 Å². The number of morpholine rings is 1. The first-order valence-electron chi connectivity index (χ1n) is 6.78. The summed E-state index contributed by atoms with van der Waals surface area (Å²) >= 11 is 0. The Balaban J connectivity index is 2.14. The van der Waals surface area contributed by atoms with Crippen LogP contribution >= 0.6 is 0 Å². The molecule has 0 unspecified atom stereocenters. The zero-order valence-electron chi connectivity index (χ0n) is 11.9. The largest absolute Gasteiger partial charge is 0.385 e. The first kappa shape index (κ1) is 13.9. The van der Waals surface area contributed by atoms with Crippen LogP contribution in [0.4, 0.5) is 5.69 Å². The highest BCUT2D eigenvalue weighted by Crippen LogP contribution is 2.22. The maximum atomic E-state index is 12.5. The molecule has 104 valence electrons. The van der Waals surface area contributed by atoms with Gasteiger partial charge in [-0.15, -0.1) is 0 Å². The van der Waals surface area contributed by atoms with Gasteiger partial charge in [-0.3, -0.25) is 4.79 Å². The number of anilines is 1. The van der Waals surface area contributed by atoms with Crippen LogP contribution in [0.3, 0.4) is 0 Å². The second kappa shape index (κ2) is 5.61. The molecule has 0 spiro atoms. The minimum atomic E-state index is -0.240. The highest BCUT2D eigenvalue weighted by Gasteiger charge is 2.34. The molecule has 0 saturated carbocycles. The molecule has 1 aromatic carbocycles. The third-order valence-corrected chi connectivity index (χ3v) is 3.40. The average molecular weight is 262 g/mol. The normalized spacial score (nSPS) is 18.2. The molecule has 4 heteroatoms. The van der Waals surface area contributed by atoms with Crippen molar-refractivity contribution in [2.45, 2.75) is 26.3 Å². The Morgan fingerprint density at radius 3 is 2.63 bits per heavy atom. The summed E-state index contributed by atoms with van der Waals surface area (Å²) in [6.07, 6.45) is 0. The van der Waals surface area contributed by atoms with Gasteiger partial charge in [-0.05, 0) is 45.0 Å². The van der Waals surface area contributed by atoms with Crippen LogP contribution in [0.5, 0.6) is 0 Å². The van der Waals surface area contributed by atoms with Crippen LogP contribution in [0.2, 0.25) is 0 Å². The molecule has 0 aromatic heterocycles. The second-order valence-corrected chi connectivity index (χ2v) is 5.43. The fraction of sp³-hybridized carbons (Fsp3) is 0.533. The second-order valence-electron chi connectivity index (χ2n) is 5.43. The number of nitrogens with zero attached hydrogens (tertiary/aromatic N) is 1. The summed E-state index contributed by atoms with van der Waals surface area (Å²) in [4.78, 5) is 14.4. The summed E-state index contributed by atoms with van der Waals surface area (Å²) in [5, 5.41) is 3.22. The fourth-order valence-corrected chi connectivity index (χ4v) is 2.33. The molecule has 1 aliphatic heterocycles. The maximum Gasteiger partial charge on any atom is 0.254 e. The van der Waals surface area contributed by atoms with Gasteiger partial charge in [-0.25, -0.2) is 0 Å². The molecule has 1 fully saturated rings. The first-order chi connectivity index (χ1) is 9.04. The number of carbonyl (C=O) groups is 1. The van der Waals surface area contributed by atoms with Gasteiger partial charge < -0.3 is 15.0 Å². The van der Waals surface area contributed by atoms with Crippen molar-refractivity contribution in [3.05, 3.63) is 29.8 Å². The molecular weight excluding hydrogens is 240 g/mol. The van der Waals surface area contributed by atoms with Crippen molar-refractivity contribution in [2.75, 3.05) is 31.6 Å². The lowest BCUT2D eigenvalue weighted by atomic mass is 10.0. The van der Waals surface area contributed by atoms with E-state index in [1.54, 1.807) is 0 Å². The molecule has 2 rings (SSSR count). The summed E-state index contributed by atoms with van der Waals surface area (Å²) < 4.78 is 5.45. The van der Waals surface area contributed by atoms with Gasteiger partial charge in [0.15, 0.2) is 0 Å². The molecule has 0 bridgehead atoms. The van der Waals surface area contributed by atoms with E-state index in [1.807, 2.05) is 43.0 Å². The van der Waals surface area contributed by atoms with Crippen molar-refractivity contribution < 1.29 is 9.53 Å². The molecule has 4 nitrogen and oxygen atoms in total. The third kappa shape index (κ3) is 3.07. The van der Waals surface area contributed by atoms with E-state index in [0.29, 0.717) is 19.8 Å². The predicted molar refractivity (Wildman–Crippen MR) is 76.5 cm³/mol. The Morgan fingerprint density at radius 1 is 1.37 bits per heavy atom. The number of hydrogen-bond donors (Lipinski definition) is 1. The van der Waals surface area contributed by atoms with E-state index in [0.717, 1.165) is 17.8 Å². The van der Waals surface area contributed by atoms with Gasteiger partial charge in [-0.1, -0.05) is 0 Å². The standard InChI is InChI=1S/C15H22N2O2/c1-4-16-13-7-5-12(6-8-13)14(18)17-9-10-19-11-15(17,2)3/h5-8,16H,4,9-11H2,1-3H3. The molecule has 1 N–H and O–H groups in total. The van der Waals surface area contributed by atoms with E-state index < -0.39 is 0 Å².